The fourth-order valence-corrected chi connectivity index (χ4v) is 4.80. The molecule has 1 unspecified atom stereocenters. The number of aryl methyl sites for hydroxylation is 2. The number of hydrogen-bond donors (Lipinski definition) is 2. The van der Waals surface area contributed by atoms with E-state index in [9.17, 15) is 5.11 Å². The smallest absolute Gasteiger partial charge is 0.141 e. The van der Waals surface area contributed by atoms with Gasteiger partial charge in [0.1, 0.15) is 17.2 Å². The van der Waals surface area contributed by atoms with Crippen LogP contribution in [0.5, 0.6) is 0 Å². The van der Waals surface area contributed by atoms with Crippen molar-refractivity contribution in [1.29, 1.82) is 0 Å². The lowest BCUT2D eigenvalue weighted by molar-refractivity contribution is 0.0821. The van der Waals surface area contributed by atoms with Crippen LogP contribution >= 0.6 is 0 Å². The summed E-state index contributed by atoms with van der Waals surface area (Å²) in [6, 6.07) is 11.7. The van der Waals surface area contributed by atoms with Crippen LogP contribution in [0.2, 0.25) is 0 Å². The second-order valence-corrected chi connectivity index (χ2v) is 9.16. The summed E-state index contributed by atoms with van der Waals surface area (Å²) >= 11 is 0. The van der Waals surface area contributed by atoms with Gasteiger partial charge in [-0.15, -0.1) is 0 Å². The lowest BCUT2D eigenvalue weighted by Gasteiger charge is -2.30. The Morgan fingerprint density at radius 2 is 1.88 bits per heavy atom. The molecule has 1 saturated carbocycles. The number of benzene rings is 1. The summed E-state index contributed by atoms with van der Waals surface area (Å²) in [6.45, 7) is 3.84. The first-order chi connectivity index (χ1) is 16.5. The summed E-state index contributed by atoms with van der Waals surface area (Å²) in [7, 11) is 0. The summed E-state index contributed by atoms with van der Waals surface area (Å²) in [5, 5.41) is 16.6. The Kier molecular flexibility index (Phi) is 4.81. The van der Waals surface area contributed by atoms with E-state index < -0.39 is 5.60 Å². The summed E-state index contributed by atoms with van der Waals surface area (Å²) in [6.07, 6.45) is 9.55. The Bertz CT molecular complexity index is 1450. The van der Waals surface area contributed by atoms with Gasteiger partial charge in [0.2, 0.25) is 0 Å². The Hall–Kier alpha value is -3.84. The molecule has 0 radical (unpaired) electrons. The first-order valence-electron chi connectivity index (χ1n) is 11.5. The van der Waals surface area contributed by atoms with Gasteiger partial charge in [-0.3, -0.25) is 9.97 Å². The maximum Gasteiger partial charge on any atom is 0.141 e. The number of fused-ring (bicyclic) bond motifs is 1. The zero-order valence-corrected chi connectivity index (χ0v) is 19.1. The minimum Gasteiger partial charge on any atom is -0.380 e. The fourth-order valence-electron chi connectivity index (χ4n) is 4.80. The van der Waals surface area contributed by atoms with Gasteiger partial charge in [0, 0.05) is 53.8 Å². The van der Waals surface area contributed by atoms with Crippen molar-refractivity contribution in [2.45, 2.75) is 44.6 Å². The molecule has 4 aromatic heterocycles. The van der Waals surface area contributed by atoms with Gasteiger partial charge < -0.3 is 14.6 Å². The second-order valence-electron chi connectivity index (χ2n) is 9.16. The highest BCUT2D eigenvalue weighted by Crippen LogP contribution is 2.43. The number of aromatic nitrogens is 5. The van der Waals surface area contributed by atoms with Crippen LogP contribution in [0, 0.1) is 13.8 Å². The van der Waals surface area contributed by atoms with E-state index in [4.69, 9.17) is 9.51 Å². The minimum atomic E-state index is -1.37. The van der Waals surface area contributed by atoms with Gasteiger partial charge in [-0.1, -0.05) is 17.3 Å². The lowest BCUT2D eigenvalue weighted by atomic mass is 9.80. The lowest BCUT2D eigenvalue weighted by Crippen LogP contribution is -2.31. The number of H-pyrrole nitrogens is 1. The van der Waals surface area contributed by atoms with Gasteiger partial charge in [0.25, 0.3) is 0 Å². The number of pyridine rings is 2. The highest BCUT2D eigenvalue weighted by Gasteiger charge is 2.37. The molecule has 170 valence electrons. The molecule has 1 fully saturated rings. The van der Waals surface area contributed by atoms with Crippen LogP contribution in [0.4, 0.5) is 0 Å². The standard InChI is InChI=1S/C27H25N5O2/c1-16-24(17(2)34-32-16)20-11-22(25-23(12-20)30-26(31-25)19-7-8-19)27(33,21-6-4-10-29-15-21)13-18-5-3-9-28-14-18/h3-6,9-12,14-15,19,33H,7-8,13H2,1-2H3,(H,30,31). The molecule has 7 heteroatoms. The first-order valence-corrected chi connectivity index (χ1v) is 11.5. The van der Waals surface area contributed by atoms with E-state index in [1.54, 1.807) is 24.8 Å². The second kappa shape index (κ2) is 7.88. The number of nitrogens with zero attached hydrogens (tertiary/aromatic N) is 4. The van der Waals surface area contributed by atoms with Crippen molar-refractivity contribution in [3.05, 3.63) is 95.2 Å². The quantitative estimate of drug-likeness (QED) is 0.378. The van der Waals surface area contributed by atoms with Gasteiger partial charge in [-0.2, -0.15) is 0 Å². The molecule has 2 N–H and O–H groups in total. The highest BCUT2D eigenvalue weighted by molar-refractivity contribution is 5.87. The van der Waals surface area contributed by atoms with Crippen molar-refractivity contribution in [3.8, 4) is 11.1 Å². The summed E-state index contributed by atoms with van der Waals surface area (Å²) in [5.41, 5.74) is 5.30. The Morgan fingerprint density at radius 1 is 1.09 bits per heavy atom. The maximum absolute atomic E-state index is 12.5. The van der Waals surface area contributed by atoms with Crippen molar-refractivity contribution >= 4 is 11.0 Å². The minimum absolute atomic E-state index is 0.332. The van der Waals surface area contributed by atoms with E-state index in [2.05, 4.69) is 26.2 Å². The molecule has 4 heterocycles. The third-order valence-corrected chi connectivity index (χ3v) is 6.66. The van der Waals surface area contributed by atoms with Crippen LogP contribution in [-0.4, -0.2) is 30.2 Å². The zero-order chi connectivity index (χ0) is 23.3. The molecule has 0 amide bonds. The summed E-state index contributed by atoms with van der Waals surface area (Å²) < 4.78 is 5.46. The Morgan fingerprint density at radius 3 is 2.53 bits per heavy atom. The molecular weight excluding hydrogens is 426 g/mol. The molecule has 0 saturated heterocycles. The van der Waals surface area contributed by atoms with E-state index in [0.717, 1.165) is 63.4 Å². The third kappa shape index (κ3) is 3.49. The molecule has 1 aliphatic rings. The predicted octanol–water partition coefficient (Wildman–Crippen LogP) is 4.98. The molecule has 1 aromatic carbocycles. The topological polar surface area (TPSA) is 101 Å². The average Bonchev–Trinajstić information content (AvgIpc) is 3.53. The number of rotatable bonds is 6. The normalized spacial score (nSPS) is 15.5. The Labute approximate surface area is 196 Å². The maximum atomic E-state index is 12.5. The van der Waals surface area contributed by atoms with E-state index in [1.165, 1.54) is 0 Å². The number of imidazole rings is 1. The molecule has 7 nitrogen and oxygen atoms in total. The molecule has 1 atom stereocenters. The summed E-state index contributed by atoms with van der Waals surface area (Å²) in [5.74, 6) is 2.16. The van der Waals surface area contributed by atoms with Crippen LogP contribution in [0.25, 0.3) is 22.2 Å². The number of nitrogens with one attached hydrogen (secondary N) is 1. The van der Waals surface area contributed by atoms with E-state index in [1.807, 2.05) is 44.2 Å². The largest absolute Gasteiger partial charge is 0.380 e. The monoisotopic (exact) mass is 451 g/mol. The average molecular weight is 452 g/mol. The van der Waals surface area contributed by atoms with Gasteiger partial charge in [-0.05, 0) is 62.1 Å². The van der Waals surface area contributed by atoms with Gasteiger partial charge >= 0.3 is 0 Å². The van der Waals surface area contributed by atoms with Crippen LogP contribution < -0.4 is 0 Å². The number of aliphatic hydroxyl groups is 1. The van der Waals surface area contributed by atoms with Crippen LogP contribution in [0.15, 0.2) is 65.7 Å². The van der Waals surface area contributed by atoms with Crippen molar-refractivity contribution in [2.24, 2.45) is 0 Å². The molecule has 0 bridgehead atoms. The van der Waals surface area contributed by atoms with E-state index >= 15 is 0 Å². The molecule has 0 aliphatic heterocycles. The molecular formula is C27H25N5O2. The first kappa shape index (κ1) is 20.7. The van der Waals surface area contributed by atoms with E-state index in [-0.39, 0.29) is 0 Å². The van der Waals surface area contributed by atoms with Gasteiger partial charge in [-0.25, -0.2) is 4.98 Å². The zero-order valence-electron chi connectivity index (χ0n) is 19.1. The van der Waals surface area contributed by atoms with Crippen molar-refractivity contribution in [1.82, 2.24) is 25.1 Å². The van der Waals surface area contributed by atoms with Crippen LogP contribution in [-0.2, 0) is 12.0 Å². The van der Waals surface area contributed by atoms with Crippen molar-refractivity contribution < 1.29 is 9.63 Å². The van der Waals surface area contributed by atoms with Crippen molar-refractivity contribution in [2.75, 3.05) is 0 Å². The molecule has 0 spiro atoms. The molecule has 34 heavy (non-hydrogen) atoms. The highest BCUT2D eigenvalue weighted by atomic mass is 16.5. The van der Waals surface area contributed by atoms with Gasteiger partial charge in [0.05, 0.1) is 16.7 Å². The van der Waals surface area contributed by atoms with Crippen LogP contribution in [0.3, 0.4) is 0 Å². The number of aromatic amines is 1. The van der Waals surface area contributed by atoms with Crippen LogP contribution in [0.1, 0.15) is 52.7 Å². The van der Waals surface area contributed by atoms with Gasteiger partial charge in [0.15, 0.2) is 0 Å². The molecule has 1 aliphatic carbocycles. The Balaban J connectivity index is 1.63. The molecule has 6 rings (SSSR count). The predicted molar refractivity (Wildman–Crippen MR) is 128 cm³/mol. The number of hydrogen-bond acceptors (Lipinski definition) is 6. The van der Waals surface area contributed by atoms with E-state index in [0.29, 0.717) is 17.9 Å². The molecule has 5 aromatic rings. The SMILES string of the molecule is Cc1noc(C)c1-c1cc(C(O)(Cc2cccnc2)c2cccnc2)c2nc(C3CC3)[nH]c2c1. The van der Waals surface area contributed by atoms with Crippen molar-refractivity contribution in [3.63, 3.8) is 0 Å². The third-order valence-electron chi connectivity index (χ3n) is 6.66. The summed E-state index contributed by atoms with van der Waals surface area (Å²) in [4.78, 5) is 17.1. The fraction of sp³-hybridized carbons (Fsp3) is 0.259.